The quantitative estimate of drug-likeness (QED) is 0.701. The van der Waals surface area contributed by atoms with Crippen molar-refractivity contribution in [1.29, 1.82) is 0 Å². The first kappa shape index (κ1) is 10.9. The van der Waals surface area contributed by atoms with Gasteiger partial charge >= 0.3 is 0 Å². The van der Waals surface area contributed by atoms with Gasteiger partial charge < -0.3 is 9.47 Å². The minimum atomic E-state index is 0.415. The summed E-state index contributed by atoms with van der Waals surface area (Å²) in [5.74, 6) is 1.60. The molecule has 0 N–H and O–H groups in total. The molecule has 1 atom stereocenters. The van der Waals surface area contributed by atoms with Gasteiger partial charge in [-0.25, -0.2) is 0 Å². The summed E-state index contributed by atoms with van der Waals surface area (Å²) in [5, 5.41) is 0.498. The van der Waals surface area contributed by atoms with Crippen LogP contribution in [0.5, 0.6) is 0 Å². The molecule has 0 bridgehead atoms. The van der Waals surface area contributed by atoms with Gasteiger partial charge in [-0.3, -0.25) is 0 Å². The first-order valence-electron chi connectivity index (χ1n) is 4.63. The summed E-state index contributed by atoms with van der Waals surface area (Å²) in [4.78, 5) is 0. The maximum absolute atomic E-state index is 5.52. The lowest BCUT2D eigenvalue weighted by molar-refractivity contribution is -0.0450. The highest BCUT2D eigenvalue weighted by Gasteiger charge is 2.21. The van der Waals surface area contributed by atoms with Crippen molar-refractivity contribution >= 4 is 11.8 Å². The Morgan fingerprint density at radius 2 is 2.00 bits per heavy atom. The Morgan fingerprint density at radius 3 is 2.54 bits per heavy atom. The molecule has 1 rings (SSSR count). The number of allylic oxidation sites excluding steroid dienone is 1. The van der Waals surface area contributed by atoms with Crippen LogP contribution in [0.15, 0.2) is 11.3 Å². The molecule has 2 nitrogen and oxygen atoms in total. The first-order valence-corrected chi connectivity index (χ1v) is 5.91. The number of thioether (sulfide) groups is 1. The van der Waals surface area contributed by atoms with E-state index in [0.29, 0.717) is 18.0 Å². The van der Waals surface area contributed by atoms with Gasteiger partial charge in [-0.15, -0.1) is 0 Å². The number of rotatable bonds is 3. The summed E-state index contributed by atoms with van der Waals surface area (Å²) in [7, 11) is 0. The highest BCUT2D eigenvalue weighted by atomic mass is 32.2. The fourth-order valence-corrected chi connectivity index (χ4v) is 1.89. The van der Waals surface area contributed by atoms with E-state index in [9.17, 15) is 0 Å². The molecule has 0 radical (unpaired) electrons. The zero-order valence-electron chi connectivity index (χ0n) is 8.79. The average molecular weight is 202 g/mol. The summed E-state index contributed by atoms with van der Waals surface area (Å²) < 4.78 is 10.8. The van der Waals surface area contributed by atoms with E-state index in [0.717, 1.165) is 12.4 Å². The molecule has 1 heterocycles. The Balaban J connectivity index is 2.83. The molecular formula is C10H18O2S. The second-order valence-corrected chi connectivity index (χ2v) is 4.71. The predicted molar refractivity (Wildman–Crippen MR) is 56.7 cm³/mol. The minimum absolute atomic E-state index is 0.415. The first-order chi connectivity index (χ1) is 6.16. The Hall–Kier alpha value is -0.150. The molecule has 0 amide bonds. The molecule has 0 aliphatic carbocycles. The molecule has 0 fully saturated rings. The van der Waals surface area contributed by atoms with E-state index in [-0.39, 0.29) is 0 Å². The van der Waals surface area contributed by atoms with E-state index in [1.165, 1.54) is 5.57 Å². The summed E-state index contributed by atoms with van der Waals surface area (Å²) in [6.45, 7) is 7.66. The van der Waals surface area contributed by atoms with Crippen LogP contribution in [0.1, 0.15) is 20.8 Å². The fourth-order valence-electron chi connectivity index (χ4n) is 1.42. The molecule has 3 heteroatoms. The zero-order valence-corrected chi connectivity index (χ0v) is 9.61. The third kappa shape index (κ3) is 2.64. The lowest BCUT2D eigenvalue weighted by Gasteiger charge is -2.26. The zero-order chi connectivity index (χ0) is 9.84. The van der Waals surface area contributed by atoms with E-state index in [1.807, 2.05) is 11.8 Å². The molecular weight excluding hydrogens is 184 g/mol. The summed E-state index contributed by atoms with van der Waals surface area (Å²) in [5.41, 5.74) is 1.31. The number of hydrogen-bond donors (Lipinski definition) is 0. The highest BCUT2D eigenvalue weighted by molar-refractivity contribution is 7.99. The molecule has 0 saturated heterocycles. The molecule has 1 aliphatic rings. The van der Waals surface area contributed by atoms with Gasteiger partial charge in [-0.05, 0) is 13.2 Å². The van der Waals surface area contributed by atoms with Gasteiger partial charge in [-0.2, -0.15) is 11.8 Å². The van der Waals surface area contributed by atoms with Crippen molar-refractivity contribution in [1.82, 2.24) is 0 Å². The maximum atomic E-state index is 5.52. The Morgan fingerprint density at radius 1 is 1.31 bits per heavy atom. The van der Waals surface area contributed by atoms with E-state index in [4.69, 9.17) is 9.47 Å². The van der Waals surface area contributed by atoms with Gasteiger partial charge in [0, 0.05) is 16.7 Å². The van der Waals surface area contributed by atoms with Crippen LogP contribution in [0.3, 0.4) is 0 Å². The minimum Gasteiger partial charge on any atom is -0.472 e. The third-order valence-corrected chi connectivity index (χ3v) is 3.23. The SMILES string of the molecule is CSC(C)C1=C(C(C)C)OCOC1. The molecule has 1 unspecified atom stereocenters. The largest absolute Gasteiger partial charge is 0.472 e. The highest BCUT2D eigenvalue weighted by Crippen LogP contribution is 2.27. The van der Waals surface area contributed by atoms with E-state index < -0.39 is 0 Å². The van der Waals surface area contributed by atoms with Crippen LogP contribution in [0, 0.1) is 5.92 Å². The monoisotopic (exact) mass is 202 g/mol. The topological polar surface area (TPSA) is 18.5 Å². The van der Waals surface area contributed by atoms with Crippen LogP contribution in [-0.2, 0) is 9.47 Å². The van der Waals surface area contributed by atoms with Crippen LogP contribution in [0.2, 0.25) is 0 Å². The average Bonchev–Trinajstić information content (AvgIpc) is 2.16. The Kier molecular flexibility index (Phi) is 4.13. The van der Waals surface area contributed by atoms with Gasteiger partial charge in [-0.1, -0.05) is 13.8 Å². The number of ether oxygens (including phenoxy) is 2. The van der Waals surface area contributed by atoms with Gasteiger partial charge in [0.05, 0.1) is 6.61 Å². The smallest absolute Gasteiger partial charge is 0.188 e. The molecule has 0 spiro atoms. The van der Waals surface area contributed by atoms with Crippen molar-refractivity contribution in [3.8, 4) is 0 Å². The normalized spacial score (nSPS) is 20.4. The van der Waals surface area contributed by atoms with E-state index in [2.05, 4.69) is 27.0 Å². The summed E-state index contributed by atoms with van der Waals surface area (Å²) in [6.07, 6.45) is 2.12. The van der Waals surface area contributed by atoms with Crippen LogP contribution in [0.25, 0.3) is 0 Å². The second-order valence-electron chi connectivity index (χ2n) is 3.53. The van der Waals surface area contributed by atoms with Crippen LogP contribution < -0.4 is 0 Å². The van der Waals surface area contributed by atoms with Crippen LogP contribution in [-0.4, -0.2) is 24.9 Å². The fraction of sp³-hybridized carbons (Fsp3) is 0.800. The van der Waals surface area contributed by atoms with E-state index >= 15 is 0 Å². The second kappa shape index (κ2) is 4.91. The van der Waals surface area contributed by atoms with Crippen molar-refractivity contribution < 1.29 is 9.47 Å². The van der Waals surface area contributed by atoms with E-state index in [1.54, 1.807) is 0 Å². The Labute approximate surface area is 84.7 Å². The van der Waals surface area contributed by atoms with Crippen LogP contribution >= 0.6 is 11.8 Å². The molecule has 0 saturated carbocycles. The van der Waals surface area contributed by atoms with Crippen molar-refractivity contribution in [3.05, 3.63) is 11.3 Å². The predicted octanol–water partition coefficient (Wildman–Crippen LogP) is 2.65. The molecule has 13 heavy (non-hydrogen) atoms. The Bertz CT molecular complexity index is 199. The number of hydrogen-bond acceptors (Lipinski definition) is 3. The molecule has 0 aromatic heterocycles. The lowest BCUT2D eigenvalue weighted by Crippen LogP contribution is -2.22. The molecule has 76 valence electrons. The summed E-state index contributed by atoms with van der Waals surface area (Å²) in [6, 6.07) is 0. The van der Waals surface area contributed by atoms with Gasteiger partial charge in [0.1, 0.15) is 5.76 Å². The molecule has 1 aliphatic heterocycles. The van der Waals surface area contributed by atoms with Crippen molar-refractivity contribution in [2.45, 2.75) is 26.0 Å². The van der Waals surface area contributed by atoms with Crippen LogP contribution in [0.4, 0.5) is 0 Å². The van der Waals surface area contributed by atoms with Gasteiger partial charge in [0.2, 0.25) is 0 Å². The molecule has 0 aromatic carbocycles. The van der Waals surface area contributed by atoms with Crippen molar-refractivity contribution in [2.75, 3.05) is 19.7 Å². The van der Waals surface area contributed by atoms with Crippen molar-refractivity contribution in [2.24, 2.45) is 5.92 Å². The standard InChI is InChI=1S/C10H18O2S/c1-7(2)10-9(8(3)13-4)5-11-6-12-10/h7-8H,5-6H2,1-4H3. The maximum Gasteiger partial charge on any atom is 0.188 e. The van der Waals surface area contributed by atoms with Gasteiger partial charge in [0.15, 0.2) is 6.79 Å². The molecule has 0 aromatic rings. The lowest BCUT2D eigenvalue weighted by atomic mass is 10.0. The third-order valence-electron chi connectivity index (χ3n) is 2.24. The summed E-state index contributed by atoms with van der Waals surface area (Å²) >= 11 is 1.83. The van der Waals surface area contributed by atoms with Crippen molar-refractivity contribution in [3.63, 3.8) is 0 Å². The van der Waals surface area contributed by atoms with Gasteiger partial charge in [0.25, 0.3) is 0 Å².